The number of amides is 2. The minimum Gasteiger partial charge on any atom is -0.321 e. The van der Waals surface area contributed by atoms with Crippen LogP contribution < -0.4 is 10.2 Å². The second-order valence-electron chi connectivity index (χ2n) is 7.81. The maximum atomic E-state index is 13.2. The summed E-state index contributed by atoms with van der Waals surface area (Å²) in [7, 11) is 0. The maximum Gasteiger partial charge on any atom is 0.267 e. The van der Waals surface area contributed by atoms with E-state index in [0.29, 0.717) is 33.4 Å². The molecule has 5 nitrogen and oxygen atoms in total. The third-order valence-electron chi connectivity index (χ3n) is 5.62. The molecule has 1 N–H and O–H groups in total. The minimum absolute atomic E-state index is 0.0555. The standard InChI is InChI=1S/C26H20FN3O2S/c1-16-23(33-25(28-16)18-6-10-20(27)11-7-18)24(31)29-21-12-8-19(9-13-21)26(32)30-15-14-17-4-2-3-5-22(17)30/h2-13H,14-15H2,1H3,(H,29,31). The van der Waals surface area contributed by atoms with Crippen molar-refractivity contribution in [2.75, 3.05) is 16.8 Å². The summed E-state index contributed by atoms with van der Waals surface area (Å²) in [6, 6.07) is 20.9. The van der Waals surface area contributed by atoms with Crippen LogP contribution in [0.15, 0.2) is 72.8 Å². The Morgan fingerprint density at radius 3 is 2.48 bits per heavy atom. The number of carbonyl (C=O) groups is 2. The summed E-state index contributed by atoms with van der Waals surface area (Å²) >= 11 is 1.26. The van der Waals surface area contributed by atoms with Crippen molar-refractivity contribution in [2.45, 2.75) is 13.3 Å². The van der Waals surface area contributed by atoms with Crippen molar-refractivity contribution in [2.24, 2.45) is 0 Å². The number of aromatic nitrogens is 1. The Morgan fingerprint density at radius 1 is 1.00 bits per heavy atom. The van der Waals surface area contributed by atoms with Gasteiger partial charge in [0.25, 0.3) is 11.8 Å². The van der Waals surface area contributed by atoms with Gasteiger partial charge >= 0.3 is 0 Å². The molecule has 0 saturated heterocycles. The molecule has 0 radical (unpaired) electrons. The molecule has 0 atom stereocenters. The van der Waals surface area contributed by atoms with Crippen LogP contribution in [0.5, 0.6) is 0 Å². The minimum atomic E-state index is -0.319. The normalized spacial score (nSPS) is 12.5. The molecule has 1 aromatic heterocycles. The van der Waals surface area contributed by atoms with Crippen molar-refractivity contribution in [1.82, 2.24) is 4.98 Å². The van der Waals surface area contributed by atoms with E-state index in [1.165, 1.54) is 29.0 Å². The lowest BCUT2D eigenvalue weighted by Crippen LogP contribution is -2.28. The van der Waals surface area contributed by atoms with Crippen molar-refractivity contribution in [3.8, 4) is 10.6 Å². The van der Waals surface area contributed by atoms with E-state index in [2.05, 4.69) is 10.3 Å². The van der Waals surface area contributed by atoms with Gasteiger partial charge in [-0.05, 0) is 73.5 Å². The fourth-order valence-electron chi connectivity index (χ4n) is 3.91. The molecule has 0 aliphatic carbocycles. The van der Waals surface area contributed by atoms with Crippen LogP contribution in [0.3, 0.4) is 0 Å². The van der Waals surface area contributed by atoms with E-state index in [-0.39, 0.29) is 17.6 Å². The maximum absolute atomic E-state index is 13.2. The van der Waals surface area contributed by atoms with Crippen molar-refractivity contribution in [1.29, 1.82) is 0 Å². The molecule has 5 rings (SSSR count). The van der Waals surface area contributed by atoms with Gasteiger partial charge in [-0.25, -0.2) is 9.37 Å². The number of nitrogens with one attached hydrogen (secondary N) is 1. The molecular formula is C26H20FN3O2S. The Balaban J connectivity index is 1.29. The van der Waals surface area contributed by atoms with Crippen LogP contribution in [0.1, 0.15) is 31.3 Å². The molecule has 0 fully saturated rings. The number of fused-ring (bicyclic) bond motifs is 1. The van der Waals surface area contributed by atoms with Crippen molar-refractivity contribution in [3.63, 3.8) is 0 Å². The molecule has 0 spiro atoms. The largest absolute Gasteiger partial charge is 0.321 e. The fraction of sp³-hybridized carbons (Fsp3) is 0.115. The highest BCUT2D eigenvalue weighted by molar-refractivity contribution is 7.17. The van der Waals surface area contributed by atoms with Gasteiger partial charge in [0.2, 0.25) is 0 Å². The van der Waals surface area contributed by atoms with Crippen LogP contribution in [0.2, 0.25) is 0 Å². The third kappa shape index (κ3) is 4.15. The molecule has 33 heavy (non-hydrogen) atoms. The van der Waals surface area contributed by atoms with E-state index in [0.717, 1.165) is 17.7 Å². The molecular weight excluding hydrogens is 437 g/mol. The highest BCUT2D eigenvalue weighted by Crippen LogP contribution is 2.30. The van der Waals surface area contributed by atoms with E-state index in [9.17, 15) is 14.0 Å². The molecule has 0 bridgehead atoms. The van der Waals surface area contributed by atoms with Crippen molar-refractivity contribution < 1.29 is 14.0 Å². The zero-order valence-electron chi connectivity index (χ0n) is 17.8. The molecule has 2 amide bonds. The topological polar surface area (TPSA) is 62.3 Å². The van der Waals surface area contributed by atoms with Gasteiger partial charge in [-0.15, -0.1) is 11.3 Å². The predicted octanol–water partition coefficient (Wildman–Crippen LogP) is 5.71. The van der Waals surface area contributed by atoms with Crippen LogP contribution >= 0.6 is 11.3 Å². The zero-order valence-corrected chi connectivity index (χ0v) is 18.7. The summed E-state index contributed by atoms with van der Waals surface area (Å²) < 4.78 is 13.2. The number of hydrogen-bond acceptors (Lipinski definition) is 4. The average Bonchev–Trinajstić information content (AvgIpc) is 3.43. The molecule has 0 saturated carbocycles. The Hall–Kier alpha value is -3.84. The van der Waals surface area contributed by atoms with Gasteiger partial charge in [0, 0.05) is 29.0 Å². The lowest BCUT2D eigenvalue weighted by Gasteiger charge is -2.17. The summed E-state index contributed by atoms with van der Waals surface area (Å²) in [6.45, 7) is 2.44. The molecule has 0 unspecified atom stereocenters. The predicted molar refractivity (Wildman–Crippen MR) is 128 cm³/mol. The number of hydrogen-bond donors (Lipinski definition) is 1. The number of para-hydroxylation sites is 1. The van der Waals surface area contributed by atoms with Gasteiger partial charge in [0.05, 0.1) is 5.69 Å². The lowest BCUT2D eigenvalue weighted by molar-refractivity contribution is 0.0988. The summed E-state index contributed by atoms with van der Waals surface area (Å²) in [6.07, 6.45) is 0.851. The van der Waals surface area contributed by atoms with Gasteiger partial charge in [-0.2, -0.15) is 0 Å². The van der Waals surface area contributed by atoms with Gasteiger partial charge in [0.1, 0.15) is 15.7 Å². The molecule has 2 heterocycles. The number of carbonyl (C=O) groups excluding carboxylic acids is 2. The van der Waals surface area contributed by atoms with Crippen LogP contribution in [0, 0.1) is 12.7 Å². The summed E-state index contributed by atoms with van der Waals surface area (Å²) in [4.78, 5) is 32.5. The van der Waals surface area contributed by atoms with E-state index < -0.39 is 0 Å². The van der Waals surface area contributed by atoms with Gasteiger partial charge in [-0.1, -0.05) is 18.2 Å². The van der Waals surface area contributed by atoms with Crippen LogP contribution in [-0.4, -0.2) is 23.3 Å². The Kier molecular flexibility index (Phi) is 5.48. The first-order valence-corrected chi connectivity index (χ1v) is 11.4. The number of thiazole rings is 1. The lowest BCUT2D eigenvalue weighted by atomic mass is 10.1. The van der Waals surface area contributed by atoms with Crippen molar-refractivity contribution >= 4 is 34.5 Å². The quantitative estimate of drug-likeness (QED) is 0.427. The Morgan fingerprint density at radius 2 is 1.73 bits per heavy atom. The van der Waals surface area contributed by atoms with E-state index in [1.54, 1.807) is 48.2 Å². The number of nitrogens with zero attached hydrogens (tertiary/aromatic N) is 2. The van der Waals surface area contributed by atoms with Crippen LogP contribution in [-0.2, 0) is 6.42 Å². The first-order valence-electron chi connectivity index (χ1n) is 10.5. The van der Waals surface area contributed by atoms with Crippen molar-refractivity contribution in [3.05, 3.63) is 100 Å². The Labute approximate surface area is 194 Å². The molecule has 3 aromatic carbocycles. The first kappa shape index (κ1) is 21.0. The molecule has 4 aromatic rings. The zero-order chi connectivity index (χ0) is 22.9. The number of benzene rings is 3. The number of halogens is 1. The molecule has 7 heteroatoms. The van der Waals surface area contributed by atoms with E-state index in [4.69, 9.17) is 0 Å². The van der Waals surface area contributed by atoms with E-state index >= 15 is 0 Å². The average molecular weight is 458 g/mol. The monoisotopic (exact) mass is 457 g/mol. The smallest absolute Gasteiger partial charge is 0.267 e. The van der Waals surface area contributed by atoms with Gasteiger partial charge < -0.3 is 10.2 Å². The summed E-state index contributed by atoms with van der Waals surface area (Å²) in [5.41, 5.74) is 4.66. The van der Waals surface area contributed by atoms with Gasteiger partial charge in [-0.3, -0.25) is 9.59 Å². The third-order valence-corrected chi connectivity index (χ3v) is 6.82. The van der Waals surface area contributed by atoms with Gasteiger partial charge in [0.15, 0.2) is 0 Å². The summed E-state index contributed by atoms with van der Waals surface area (Å²) in [5.74, 6) is -0.646. The summed E-state index contributed by atoms with van der Waals surface area (Å²) in [5, 5.41) is 3.53. The Bertz CT molecular complexity index is 1350. The van der Waals surface area contributed by atoms with E-state index in [1.807, 2.05) is 24.3 Å². The molecule has 1 aliphatic heterocycles. The highest BCUT2D eigenvalue weighted by Gasteiger charge is 2.25. The number of anilines is 2. The fourth-order valence-corrected chi connectivity index (χ4v) is 4.88. The first-order chi connectivity index (χ1) is 16.0. The van der Waals surface area contributed by atoms with Crippen LogP contribution in [0.25, 0.3) is 10.6 Å². The highest BCUT2D eigenvalue weighted by atomic mass is 32.1. The number of rotatable bonds is 4. The second-order valence-corrected chi connectivity index (χ2v) is 8.81. The second kappa shape index (κ2) is 8.60. The SMILES string of the molecule is Cc1nc(-c2ccc(F)cc2)sc1C(=O)Nc1ccc(C(=O)N2CCc3ccccc32)cc1. The van der Waals surface area contributed by atoms with Crippen LogP contribution in [0.4, 0.5) is 15.8 Å². The molecule has 1 aliphatic rings. The number of aryl methyl sites for hydroxylation is 1. The molecule has 164 valence electrons.